The maximum atomic E-state index is 10.0. The standard InChI is InChI=1S/C6H5NO2.CH6N4O/c8-7(9)6-4-2-1-3-5-6;2-1(6)5(3)4/h1-5H;3-4H2,(H2,2,6). The van der Waals surface area contributed by atoms with Crippen molar-refractivity contribution in [3.05, 3.63) is 40.4 Å². The second-order valence-electron chi connectivity index (χ2n) is 2.34. The molecule has 2 amide bonds. The van der Waals surface area contributed by atoms with E-state index in [9.17, 15) is 14.9 Å². The summed E-state index contributed by atoms with van der Waals surface area (Å²) in [4.78, 5) is 19.2. The van der Waals surface area contributed by atoms with Crippen LogP contribution in [0.4, 0.5) is 10.5 Å². The van der Waals surface area contributed by atoms with E-state index in [2.05, 4.69) is 17.4 Å². The summed E-state index contributed by atoms with van der Waals surface area (Å²) in [5.74, 6) is 9.14. The van der Waals surface area contributed by atoms with Crippen molar-refractivity contribution in [1.29, 1.82) is 0 Å². The highest BCUT2D eigenvalue weighted by Gasteiger charge is 1.98. The number of primary amides is 1. The van der Waals surface area contributed by atoms with Crippen LogP contribution in [0.5, 0.6) is 0 Å². The molecule has 0 aliphatic heterocycles. The molecule has 8 heteroatoms. The highest BCUT2D eigenvalue weighted by Crippen LogP contribution is 2.06. The number of para-hydroxylation sites is 1. The van der Waals surface area contributed by atoms with Crippen LogP contribution in [0, 0.1) is 10.1 Å². The van der Waals surface area contributed by atoms with E-state index < -0.39 is 11.0 Å². The predicted octanol–water partition coefficient (Wildman–Crippen LogP) is -0.291. The van der Waals surface area contributed by atoms with Crippen molar-refractivity contribution in [2.75, 3.05) is 0 Å². The first-order valence-corrected chi connectivity index (χ1v) is 3.73. The van der Waals surface area contributed by atoms with Crippen LogP contribution in [0.2, 0.25) is 0 Å². The topological polar surface area (TPSA) is 142 Å². The van der Waals surface area contributed by atoms with E-state index in [1.807, 2.05) is 0 Å². The van der Waals surface area contributed by atoms with Crippen molar-refractivity contribution in [3.63, 3.8) is 0 Å². The maximum absolute atomic E-state index is 10.0. The van der Waals surface area contributed by atoms with Gasteiger partial charge in [0.2, 0.25) is 0 Å². The minimum atomic E-state index is -0.852. The number of hydrogen-bond acceptors (Lipinski definition) is 5. The number of hydrogen-bond donors (Lipinski definition) is 3. The molecular formula is C7H11N5O3. The second kappa shape index (κ2) is 6.29. The Hall–Kier alpha value is -2.19. The zero-order valence-corrected chi connectivity index (χ0v) is 7.74. The Morgan fingerprint density at radius 1 is 1.27 bits per heavy atom. The fourth-order valence-corrected chi connectivity index (χ4v) is 0.550. The van der Waals surface area contributed by atoms with Gasteiger partial charge in [-0.25, -0.2) is 16.5 Å². The normalized spacial score (nSPS) is 8.40. The Morgan fingerprint density at radius 2 is 1.67 bits per heavy atom. The zero-order chi connectivity index (χ0) is 11.8. The number of carbonyl (C=O) groups is 1. The zero-order valence-electron chi connectivity index (χ0n) is 7.74. The molecule has 0 heterocycles. The van der Waals surface area contributed by atoms with Crippen LogP contribution in [0.15, 0.2) is 30.3 Å². The van der Waals surface area contributed by atoms with Gasteiger partial charge in [-0.15, -0.1) is 0 Å². The molecule has 1 aromatic rings. The molecule has 0 bridgehead atoms. The van der Waals surface area contributed by atoms with Crippen LogP contribution in [0.1, 0.15) is 0 Å². The van der Waals surface area contributed by atoms with Gasteiger partial charge in [0, 0.05) is 12.1 Å². The number of nitrogens with zero attached hydrogens (tertiary/aromatic N) is 2. The number of nitrogens with two attached hydrogens (primary N) is 3. The van der Waals surface area contributed by atoms with Crippen LogP contribution in [0.25, 0.3) is 0 Å². The Kier molecular flexibility index (Phi) is 5.37. The summed E-state index contributed by atoms with van der Waals surface area (Å²) in [5.41, 5.74) is 4.61. The lowest BCUT2D eigenvalue weighted by Crippen LogP contribution is -2.46. The number of amides is 2. The third kappa shape index (κ3) is 5.96. The largest absolute Gasteiger partial charge is 0.349 e. The lowest BCUT2D eigenvalue weighted by atomic mass is 10.3. The van der Waals surface area contributed by atoms with Gasteiger partial charge in [-0.3, -0.25) is 10.1 Å². The molecule has 1 aromatic carbocycles. The molecular weight excluding hydrogens is 202 g/mol. The number of urea groups is 1. The molecule has 0 spiro atoms. The lowest BCUT2D eigenvalue weighted by Gasteiger charge is -2.00. The fourth-order valence-electron chi connectivity index (χ4n) is 0.550. The number of hydrazine groups is 2. The molecule has 82 valence electrons. The van der Waals surface area contributed by atoms with Gasteiger partial charge >= 0.3 is 6.03 Å². The molecule has 15 heavy (non-hydrogen) atoms. The van der Waals surface area contributed by atoms with Crippen LogP contribution >= 0.6 is 0 Å². The van der Waals surface area contributed by atoms with Crippen LogP contribution in [-0.2, 0) is 0 Å². The number of nitro groups is 1. The van der Waals surface area contributed by atoms with E-state index in [4.69, 9.17) is 0 Å². The average Bonchev–Trinajstić information content (AvgIpc) is 2.20. The van der Waals surface area contributed by atoms with E-state index in [0.717, 1.165) is 0 Å². The summed E-state index contributed by atoms with van der Waals surface area (Å²) in [5, 5.41) is 10.3. The van der Waals surface area contributed by atoms with Gasteiger partial charge in [0.25, 0.3) is 5.69 Å². The van der Waals surface area contributed by atoms with Crippen molar-refractivity contribution in [2.45, 2.75) is 0 Å². The molecule has 6 N–H and O–H groups in total. The molecule has 0 aliphatic carbocycles. The number of non-ortho nitro benzene ring substituents is 1. The molecule has 0 saturated heterocycles. The summed E-state index contributed by atoms with van der Waals surface area (Å²) < 4.78 is 0. The van der Waals surface area contributed by atoms with Crippen LogP contribution in [0.3, 0.4) is 0 Å². The molecule has 0 saturated carbocycles. The predicted molar refractivity (Wildman–Crippen MR) is 52.9 cm³/mol. The van der Waals surface area contributed by atoms with Gasteiger partial charge in [0.1, 0.15) is 0 Å². The number of carbonyl (C=O) groups excluding carboxylic acids is 1. The molecule has 0 aliphatic rings. The minimum absolute atomic E-state index is 0.137. The van der Waals surface area contributed by atoms with Gasteiger partial charge in [-0.05, 0) is 0 Å². The second-order valence-corrected chi connectivity index (χ2v) is 2.34. The number of rotatable bonds is 1. The first-order valence-electron chi connectivity index (χ1n) is 3.73. The van der Waals surface area contributed by atoms with Crippen molar-refractivity contribution < 1.29 is 9.72 Å². The highest BCUT2D eigenvalue weighted by molar-refractivity contribution is 5.70. The summed E-state index contributed by atoms with van der Waals surface area (Å²) in [7, 11) is 0. The number of benzene rings is 1. The minimum Gasteiger partial charge on any atom is -0.349 e. The van der Waals surface area contributed by atoms with Crippen molar-refractivity contribution >= 4 is 11.7 Å². The van der Waals surface area contributed by atoms with E-state index in [1.165, 1.54) is 12.1 Å². The maximum Gasteiger partial charge on any atom is 0.343 e. The van der Waals surface area contributed by atoms with Crippen molar-refractivity contribution in [2.24, 2.45) is 17.4 Å². The van der Waals surface area contributed by atoms with Gasteiger partial charge in [-0.2, -0.15) is 5.12 Å². The molecule has 0 fully saturated rings. The van der Waals surface area contributed by atoms with Gasteiger partial charge < -0.3 is 5.73 Å². The summed E-state index contributed by atoms with van der Waals surface area (Å²) >= 11 is 0. The quantitative estimate of drug-likeness (QED) is 0.254. The molecule has 0 radical (unpaired) electrons. The fraction of sp³-hybridized carbons (Fsp3) is 0. The van der Waals surface area contributed by atoms with Crippen LogP contribution < -0.4 is 17.4 Å². The Labute approximate surface area is 85.3 Å². The van der Waals surface area contributed by atoms with Gasteiger partial charge in [0.05, 0.1) is 4.92 Å². The highest BCUT2D eigenvalue weighted by atomic mass is 16.6. The van der Waals surface area contributed by atoms with Gasteiger partial charge in [0.15, 0.2) is 0 Å². The molecule has 0 aromatic heterocycles. The summed E-state index contributed by atoms with van der Waals surface area (Å²) in [6, 6.07) is 7.08. The lowest BCUT2D eigenvalue weighted by molar-refractivity contribution is -0.384. The molecule has 0 unspecified atom stereocenters. The summed E-state index contributed by atoms with van der Waals surface area (Å²) in [6.45, 7) is 0. The van der Waals surface area contributed by atoms with Gasteiger partial charge in [-0.1, -0.05) is 18.2 Å². The monoisotopic (exact) mass is 213 g/mol. The van der Waals surface area contributed by atoms with E-state index >= 15 is 0 Å². The van der Waals surface area contributed by atoms with Crippen molar-refractivity contribution in [3.8, 4) is 0 Å². The molecule has 1 rings (SSSR count). The summed E-state index contributed by atoms with van der Waals surface area (Å²) in [6.07, 6.45) is 0. The molecule has 0 atom stereocenters. The Morgan fingerprint density at radius 3 is 1.87 bits per heavy atom. The molecule has 8 nitrogen and oxygen atoms in total. The van der Waals surface area contributed by atoms with E-state index in [0.29, 0.717) is 5.12 Å². The van der Waals surface area contributed by atoms with Crippen LogP contribution in [-0.4, -0.2) is 16.1 Å². The van der Waals surface area contributed by atoms with Crippen molar-refractivity contribution in [1.82, 2.24) is 5.12 Å². The number of nitro benzene ring substituents is 1. The average molecular weight is 213 g/mol. The third-order valence-electron chi connectivity index (χ3n) is 1.22. The first-order chi connectivity index (χ1) is 6.95. The Bertz CT molecular complexity index is 327. The van der Waals surface area contributed by atoms with E-state index in [1.54, 1.807) is 18.2 Å². The smallest absolute Gasteiger partial charge is 0.343 e. The Balaban J connectivity index is 0.000000288. The van der Waals surface area contributed by atoms with E-state index in [-0.39, 0.29) is 5.69 Å². The third-order valence-corrected chi connectivity index (χ3v) is 1.22. The SMILES string of the molecule is NC(=O)N(N)N.O=[N+]([O-])c1ccccc1. The first kappa shape index (κ1) is 12.8.